The minimum absolute atomic E-state index is 0.283. The fourth-order valence-electron chi connectivity index (χ4n) is 2.65. The van der Waals surface area contributed by atoms with E-state index in [1.807, 2.05) is 24.3 Å². The van der Waals surface area contributed by atoms with E-state index in [0.717, 1.165) is 18.5 Å². The first-order chi connectivity index (χ1) is 12.8. The van der Waals surface area contributed by atoms with E-state index in [0.29, 0.717) is 18.2 Å². The maximum atomic E-state index is 14.3. The summed E-state index contributed by atoms with van der Waals surface area (Å²) < 4.78 is 15.9. The van der Waals surface area contributed by atoms with Crippen molar-refractivity contribution in [1.29, 1.82) is 0 Å². The number of aromatic nitrogens is 2. The lowest BCUT2D eigenvalue weighted by atomic mass is 10.1. The quantitative estimate of drug-likeness (QED) is 0.530. The van der Waals surface area contributed by atoms with Gasteiger partial charge in [-0.1, -0.05) is 36.4 Å². The third-order valence-corrected chi connectivity index (χ3v) is 4.03. The van der Waals surface area contributed by atoms with Gasteiger partial charge in [-0.15, -0.1) is 0 Å². The Bertz CT molecular complexity index is 844. The van der Waals surface area contributed by atoms with Crippen LogP contribution < -0.4 is 10.6 Å². The average Bonchev–Trinajstić information content (AvgIpc) is 3.20. The summed E-state index contributed by atoms with van der Waals surface area (Å²) in [5, 5.41) is 6.48. The van der Waals surface area contributed by atoms with Crippen molar-refractivity contribution in [2.24, 2.45) is 4.99 Å². The van der Waals surface area contributed by atoms with Gasteiger partial charge >= 0.3 is 0 Å². The van der Waals surface area contributed by atoms with Crippen LogP contribution >= 0.6 is 0 Å². The van der Waals surface area contributed by atoms with Crippen molar-refractivity contribution in [2.45, 2.75) is 13.0 Å². The number of rotatable bonds is 6. The first-order valence-corrected chi connectivity index (χ1v) is 8.51. The first kappa shape index (κ1) is 17.7. The number of nitrogens with zero attached hydrogens (tertiary/aromatic N) is 3. The Kier molecular flexibility index (Phi) is 5.98. The van der Waals surface area contributed by atoms with Crippen molar-refractivity contribution in [3.63, 3.8) is 0 Å². The van der Waals surface area contributed by atoms with Gasteiger partial charge in [0.1, 0.15) is 5.82 Å². The molecular weight excluding hydrogens is 329 g/mol. The van der Waals surface area contributed by atoms with E-state index < -0.39 is 0 Å². The monoisotopic (exact) mass is 351 g/mol. The molecule has 0 aliphatic carbocycles. The van der Waals surface area contributed by atoms with E-state index in [1.54, 1.807) is 36.4 Å². The Labute approximate surface area is 152 Å². The first-order valence-electron chi connectivity index (χ1n) is 8.51. The molecule has 0 atom stereocenters. The Hall–Kier alpha value is -3.15. The molecule has 0 saturated carbocycles. The van der Waals surface area contributed by atoms with E-state index >= 15 is 0 Å². The zero-order chi connectivity index (χ0) is 18.2. The lowest BCUT2D eigenvalue weighted by Crippen LogP contribution is -2.37. The van der Waals surface area contributed by atoms with Crippen molar-refractivity contribution < 1.29 is 4.39 Å². The van der Waals surface area contributed by atoms with Crippen LogP contribution in [0.5, 0.6) is 0 Å². The van der Waals surface area contributed by atoms with Crippen LogP contribution in [-0.4, -0.2) is 29.1 Å². The molecule has 6 heteroatoms. The maximum Gasteiger partial charge on any atom is 0.191 e. The second kappa shape index (κ2) is 8.80. The largest absolute Gasteiger partial charge is 0.356 e. The molecule has 134 valence electrons. The van der Waals surface area contributed by atoms with Gasteiger partial charge in [0.15, 0.2) is 5.96 Å². The average molecular weight is 351 g/mol. The van der Waals surface area contributed by atoms with Gasteiger partial charge in [-0.3, -0.25) is 4.99 Å². The minimum atomic E-state index is -0.283. The van der Waals surface area contributed by atoms with Crippen molar-refractivity contribution in [3.05, 3.63) is 84.2 Å². The highest BCUT2D eigenvalue weighted by molar-refractivity contribution is 5.79. The molecule has 3 aromatic rings. The number of hydrogen-bond donors (Lipinski definition) is 2. The van der Waals surface area contributed by atoms with Gasteiger partial charge in [-0.2, -0.15) is 0 Å². The topological polar surface area (TPSA) is 54.2 Å². The summed E-state index contributed by atoms with van der Waals surface area (Å²) in [6.07, 6.45) is 5.83. The van der Waals surface area contributed by atoms with Gasteiger partial charge in [0.25, 0.3) is 0 Å². The highest BCUT2D eigenvalue weighted by Crippen LogP contribution is 2.14. The highest BCUT2D eigenvalue weighted by atomic mass is 19.1. The van der Waals surface area contributed by atoms with Gasteiger partial charge in [0.2, 0.25) is 0 Å². The van der Waals surface area contributed by atoms with Crippen LogP contribution in [0.1, 0.15) is 11.1 Å². The predicted molar refractivity (Wildman–Crippen MR) is 102 cm³/mol. The molecule has 0 amide bonds. The Balaban J connectivity index is 1.51. The van der Waals surface area contributed by atoms with Crippen LogP contribution in [0.3, 0.4) is 0 Å². The summed E-state index contributed by atoms with van der Waals surface area (Å²) >= 11 is 0. The van der Waals surface area contributed by atoms with Crippen LogP contribution in [0.15, 0.2) is 72.2 Å². The third kappa shape index (κ3) is 4.69. The number of aliphatic imine (C=N–C) groups is 1. The Morgan fingerprint density at radius 1 is 1.12 bits per heavy atom. The number of halogens is 1. The van der Waals surface area contributed by atoms with Crippen molar-refractivity contribution in [3.8, 4) is 5.69 Å². The maximum absolute atomic E-state index is 14.3. The number of imidazole rings is 1. The molecule has 2 N–H and O–H groups in total. The molecule has 0 saturated heterocycles. The van der Waals surface area contributed by atoms with E-state index in [-0.39, 0.29) is 5.82 Å². The number of nitrogens with one attached hydrogen (secondary N) is 2. The van der Waals surface area contributed by atoms with E-state index in [9.17, 15) is 4.39 Å². The fraction of sp³-hybridized carbons (Fsp3) is 0.200. The molecule has 3 rings (SSSR count). The molecular formula is C20H22FN5. The van der Waals surface area contributed by atoms with Crippen LogP contribution in [-0.2, 0) is 13.0 Å². The molecule has 0 radical (unpaired) electrons. The molecule has 1 heterocycles. The molecule has 26 heavy (non-hydrogen) atoms. The number of hydrogen-bond acceptors (Lipinski definition) is 2. The molecule has 2 aromatic carbocycles. The number of benzene rings is 2. The zero-order valence-corrected chi connectivity index (χ0v) is 14.7. The third-order valence-electron chi connectivity index (χ3n) is 4.03. The van der Waals surface area contributed by atoms with Crippen molar-refractivity contribution in [1.82, 2.24) is 20.2 Å². The summed E-state index contributed by atoms with van der Waals surface area (Å²) in [7, 11) is 1.72. The van der Waals surface area contributed by atoms with E-state index in [2.05, 4.69) is 32.7 Å². The number of guanidine groups is 1. The molecule has 5 nitrogen and oxygen atoms in total. The molecule has 0 fully saturated rings. The van der Waals surface area contributed by atoms with Gasteiger partial charge in [0.05, 0.1) is 12.0 Å². The van der Waals surface area contributed by atoms with E-state index in [4.69, 9.17) is 0 Å². The van der Waals surface area contributed by atoms with Crippen molar-refractivity contribution in [2.75, 3.05) is 13.6 Å². The highest BCUT2D eigenvalue weighted by Gasteiger charge is 2.06. The zero-order valence-electron chi connectivity index (χ0n) is 14.7. The Morgan fingerprint density at radius 3 is 2.65 bits per heavy atom. The Morgan fingerprint density at radius 2 is 1.96 bits per heavy atom. The summed E-state index contributed by atoms with van der Waals surface area (Å²) in [5.74, 6) is 0.411. The second-order valence-corrected chi connectivity index (χ2v) is 5.84. The van der Waals surface area contributed by atoms with Crippen molar-refractivity contribution >= 4 is 5.96 Å². The second-order valence-electron chi connectivity index (χ2n) is 5.84. The summed E-state index contributed by atoms with van der Waals surface area (Å²) in [6, 6.07) is 15.4. The normalized spacial score (nSPS) is 11.4. The molecule has 0 bridgehead atoms. The van der Waals surface area contributed by atoms with Crippen LogP contribution in [0.25, 0.3) is 5.69 Å². The van der Waals surface area contributed by atoms with E-state index in [1.165, 1.54) is 11.6 Å². The van der Waals surface area contributed by atoms with Gasteiger partial charge in [-0.05, 0) is 29.7 Å². The van der Waals surface area contributed by atoms with Gasteiger partial charge in [-0.25, -0.2) is 9.37 Å². The van der Waals surface area contributed by atoms with Crippen LogP contribution in [0, 0.1) is 5.82 Å². The standard InChI is InChI=1S/C20H22FN5/c1-22-20(24-10-9-16-5-3-2-4-6-16)25-14-17-7-8-19(18(21)13-17)26-12-11-23-15-26/h2-8,11-13,15H,9-10,14H2,1H3,(H2,22,24,25). The molecule has 0 aliphatic heterocycles. The summed E-state index contributed by atoms with van der Waals surface area (Å²) in [5.41, 5.74) is 2.60. The lowest BCUT2D eigenvalue weighted by Gasteiger charge is -2.13. The fourth-order valence-corrected chi connectivity index (χ4v) is 2.65. The molecule has 0 unspecified atom stereocenters. The molecule has 0 spiro atoms. The van der Waals surface area contributed by atoms with Gasteiger partial charge in [0, 0.05) is 32.5 Å². The minimum Gasteiger partial charge on any atom is -0.356 e. The predicted octanol–water partition coefficient (Wildman–Crippen LogP) is 2.92. The smallest absolute Gasteiger partial charge is 0.191 e. The summed E-state index contributed by atoms with van der Waals surface area (Å²) in [4.78, 5) is 8.15. The molecule has 0 aliphatic rings. The summed E-state index contributed by atoms with van der Waals surface area (Å²) in [6.45, 7) is 1.27. The van der Waals surface area contributed by atoms with Gasteiger partial charge < -0.3 is 15.2 Å². The van der Waals surface area contributed by atoms with Crippen LogP contribution in [0.4, 0.5) is 4.39 Å². The lowest BCUT2D eigenvalue weighted by molar-refractivity contribution is 0.615. The SMILES string of the molecule is CN=C(NCCc1ccccc1)NCc1ccc(-n2ccnc2)c(F)c1. The van der Waals surface area contributed by atoms with Crippen LogP contribution in [0.2, 0.25) is 0 Å². The molecule has 1 aromatic heterocycles.